The van der Waals surface area contributed by atoms with Crippen molar-refractivity contribution in [3.8, 4) is 0 Å². The first-order chi connectivity index (χ1) is 7.96. The van der Waals surface area contributed by atoms with E-state index >= 15 is 0 Å². The molecule has 2 rings (SSSR count). The summed E-state index contributed by atoms with van der Waals surface area (Å²) >= 11 is 3.31. The molecule has 1 saturated heterocycles. The summed E-state index contributed by atoms with van der Waals surface area (Å²) in [6, 6.07) is 4.57. The number of sulfone groups is 1. The van der Waals surface area contributed by atoms with Crippen molar-refractivity contribution in [2.75, 3.05) is 24.6 Å². The van der Waals surface area contributed by atoms with Crippen LogP contribution in [0.15, 0.2) is 22.7 Å². The Balaban J connectivity index is 2.02. The van der Waals surface area contributed by atoms with Crippen molar-refractivity contribution in [2.45, 2.75) is 6.54 Å². The van der Waals surface area contributed by atoms with Gasteiger partial charge in [-0.15, -0.1) is 0 Å². The lowest BCUT2D eigenvalue weighted by atomic mass is 10.2. The standard InChI is InChI=1S/C11H13BrFNO2S/c12-11-7-10(13)2-1-9(11)8-14-3-5-17(15,16)6-4-14/h1-2,7H,3-6,8H2. The van der Waals surface area contributed by atoms with Crippen LogP contribution in [0.3, 0.4) is 0 Å². The van der Waals surface area contributed by atoms with E-state index in [9.17, 15) is 12.8 Å². The van der Waals surface area contributed by atoms with E-state index in [1.54, 1.807) is 6.07 Å². The van der Waals surface area contributed by atoms with Gasteiger partial charge in [-0.3, -0.25) is 4.90 Å². The maximum absolute atomic E-state index is 12.9. The second kappa shape index (κ2) is 5.04. The topological polar surface area (TPSA) is 37.4 Å². The van der Waals surface area contributed by atoms with Crippen LogP contribution in [-0.2, 0) is 16.4 Å². The molecule has 0 bridgehead atoms. The Morgan fingerprint density at radius 3 is 2.53 bits per heavy atom. The van der Waals surface area contributed by atoms with Gasteiger partial charge in [-0.05, 0) is 17.7 Å². The first-order valence-corrected chi connectivity index (χ1v) is 7.94. The lowest BCUT2D eigenvalue weighted by Gasteiger charge is -2.26. The zero-order chi connectivity index (χ0) is 12.5. The van der Waals surface area contributed by atoms with Crippen molar-refractivity contribution in [2.24, 2.45) is 0 Å². The third-order valence-corrected chi connectivity index (χ3v) is 5.19. The van der Waals surface area contributed by atoms with E-state index in [0.717, 1.165) is 10.0 Å². The summed E-state index contributed by atoms with van der Waals surface area (Å²) in [5, 5.41) is 0. The second-order valence-corrected chi connectivity index (χ2v) is 7.32. The molecular weight excluding hydrogens is 309 g/mol. The molecule has 0 aliphatic carbocycles. The van der Waals surface area contributed by atoms with Crippen LogP contribution in [0.25, 0.3) is 0 Å². The molecule has 0 unspecified atom stereocenters. The molecule has 0 atom stereocenters. The Hall–Kier alpha value is -0.460. The molecule has 3 nitrogen and oxygen atoms in total. The molecule has 1 aromatic carbocycles. The summed E-state index contributed by atoms with van der Waals surface area (Å²) in [7, 11) is -2.84. The Bertz CT molecular complexity index is 504. The summed E-state index contributed by atoms with van der Waals surface area (Å²) in [6.45, 7) is 1.74. The van der Waals surface area contributed by atoms with Crippen LogP contribution in [-0.4, -0.2) is 37.9 Å². The van der Waals surface area contributed by atoms with Gasteiger partial charge >= 0.3 is 0 Å². The van der Waals surface area contributed by atoms with Crippen molar-refractivity contribution < 1.29 is 12.8 Å². The number of benzene rings is 1. The lowest BCUT2D eigenvalue weighted by molar-refractivity contribution is 0.287. The average Bonchev–Trinajstić information content (AvgIpc) is 2.25. The van der Waals surface area contributed by atoms with Crippen LogP contribution < -0.4 is 0 Å². The third kappa shape index (κ3) is 3.50. The number of rotatable bonds is 2. The fraction of sp³-hybridized carbons (Fsp3) is 0.455. The van der Waals surface area contributed by atoms with Gasteiger partial charge in [0, 0.05) is 24.1 Å². The van der Waals surface area contributed by atoms with Crippen molar-refractivity contribution >= 4 is 25.8 Å². The number of hydrogen-bond acceptors (Lipinski definition) is 3. The molecule has 0 spiro atoms. The van der Waals surface area contributed by atoms with Gasteiger partial charge in [-0.1, -0.05) is 22.0 Å². The van der Waals surface area contributed by atoms with E-state index in [0.29, 0.717) is 19.6 Å². The SMILES string of the molecule is O=S1(=O)CCN(Cc2ccc(F)cc2Br)CC1. The quantitative estimate of drug-likeness (QED) is 0.833. The van der Waals surface area contributed by atoms with E-state index in [-0.39, 0.29) is 17.3 Å². The second-order valence-electron chi connectivity index (χ2n) is 4.16. The number of nitrogens with zero attached hydrogens (tertiary/aromatic N) is 1. The minimum atomic E-state index is -2.84. The van der Waals surface area contributed by atoms with E-state index < -0.39 is 9.84 Å². The monoisotopic (exact) mass is 321 g/mol. The Kier molecular flexibility index (Phi) is 3.85. The smallest absolute Gasteiger partial charge is 0.152 e. The summed E-state index contributed by atoms with van der Waals surface area (Å²) < 4.78 is 36.2. The lowest BCUT2D eigenvalue weighted by Crippen LogP contribution is -2.39. The largest absolute Gasteiger partial charge is 0.297 e. The van der Waals surface area contributed by atoms with E-state index in [2.05, 4.69) is 20.8 Å². The summed E-state index contributed by atoms with van der Waals surface area (Å²) in [4.78, 5) is 2.07. The molecule has 1 aliphatic heterocycles. The first kappa shape index (κ1) is 13.0. The molecule has 1 aromatic rings. The first-order valence-electron chi connectivity index (χ1n) is 5.33. The van der Waals surface area contributed by atoms with E-state index in [4.69, 9.17) is 0 Å². The molecule has 0 radical (unpaired) electrons. The number of hydrogen-bond donors (Lipinski definition) is 0. The Labute approximate surface area is 109 Å². The third-order valence-electron chi connectivity index (χ3n) is 2.85. The summed E-state index contributed by atoms with van der Waals surface area (Å²) in [6.07, 6.45) is 0. The van der Waals surface area contributed by atoms with E-state index in [1.165, 1.54) is 12.1 Å². The van der Waals surface area contributed by atoms with Crippen molar-refractivity contribution in [1.29, 1.82) is 0 Å². The highest BCUT2D eigenvalue weighted by molar-refractivity contribution is 9.10. The fourth-order valence-corrected chi connectivity index (χ4v) is 3.55. The summed E-state index contributed by atoms with van der Waals surface area (Å²) in [5.74, 6) is 0.152. The van der Waals surface area contributed by atoms with Gasteiger partial charge in [-0.25, -0.2) is 12.8 Å². The molecule has 6 heteroatoms. The molecule has 1 fully saturated rings. The van der Waals surface area contributed by atoms with Crippen molar-refractivity contribution in [3.63, 3.8) is 0 Å². The van der Waals surface area contributed by atoms with Gasteiger partial charge in [0.1, 0.15) is 5.82 Å². The van der Waals surface area contributed by atoms with Gasteiger partial charge in [0.15, 0.2) is 9.84 Å². The number of halogens is 2. The summed E-state index contributed by atoms with van der Waals surface area (Å²) in [5.41, 5.74) is 0.977. The van der Waals surface area contributed by atoms with E-state index in [1.807, 2.05) is 0 Å². The van der Waals surface area contributed by atoms with Crippen LogP contribution in [0.5, 0.6) is 0 Å². The highest BCUT2D eigenvalue weighted by Gasteiger charge is 2.21. The van der Waals surface area contributed by atoms with Crippen LogP contribution in [0.4, 0.5) is 4.39 Å². The normalized spacial score (nSPS) is 20.4. The van der Waals surface area contributed by atoms with Gasteiger partial charge in [0.2, 0.25) is 0 Å². The molecule has 0 aromatic heterocycles. The Morgan fingerprint density at radius 2 is 1.94 bits per heavy atom. The maximum atomic E-state index is 12.9. The van der Waals surface area contributed by atoms with Crippen molar-refractivity contribution in [1.82, 2.24) is 4.90 Å². The molecule has 0 amide bonds. The fourth-order valence-electron chi connectivity index (χ4n) is 1.80. The maximum Gasteiger partial charge on any atom is 0.152 e. The van der Waals surface area contributed by atoms with Crippen LogP contribution in [0.1, 0.15) is 5.56 Å². The molecule has 0 saturated carbocycles. The molecule has 94 valence electrons. The van der Waals surface area contributed by atoms with Crippen LogP contribution in [0.2, 0.25) is 0 Å². The minimum Gasteiger partial charge on any atom is -0.297 e. The molecule has 1 heterocycles. The Morgan fingerprint density at radius 1 is 1.29 bits per heavy atom. The molecule has 17 heavy (non-hydrogen) atoms. The van der Waals surface area contributed by atoms with Gasteiger partial charge in [0.05, 0.1) is 11.5 Å². The molecular formula is C11H13BrFNO2S. The zero-order valence-corrected chi connectivity index (χ0v) is 11.6. The molecule has 0 N–H and O–H groups in total. The molecule has 1 aliphatic rings. The highest BCUT2D eigenvalue weighted by Crippen LogP contribution is 2.20. The van der Waals surface area contributed by atoms with Gasteiger partial charge in [-0.2, -0.15) is 0 Å². The highest BCUT2D eigenvalue weighted by atomic mass is 79.9. The van der Waals surface area contributed by atoms with Gasteiger partial charge in [0.25, 0.3) is 0 Å². The van der Waals surface area contributed by atoms with Gasteiger partial charge < -0.3 is 0 Å². The van der Waals surface area contributed by atoms with Crippen LogP contribution in [0, 0.1) is 5.82 Å². The predicted octanol–water partition coefficient (Wildman–Crippen LogP) is 1.82. The zero-order valence-electron chi connectivity index (χ0n) is 9.20. The predicted molar refractivity (Wildman–Crippen MR) is 68.0 cm³/mol. The van der Waals surface area contributed by atoms with Crippen molar-refractivity contribution in [3.05, 3.63) is 34.1 Å². The van der Waals surface area contributed by atoms with Crippen LogP contribution >= 0.6 is 15.9 Å². The minimum absolute atomic E-state index is 0.214. The average molecular weight is 322 g/mol.